The average molecular weight is 112 g/mol. The van der Waals surface area contributed by atoms with Crippen molar-refractivity contribution in [2.24, 2.45) is 0 Å². The summed E-state index contributed by atoms with van der Waals surface area (Å²) in [5.74, 6) is 0. The first-order valence-corrected chi connectivity index (χ1v) is 2.32. The van der Waals surface area contributed by atoms with E-state index in [9.17, 15) is 0 Å². The Bertz CT molecular complexity index is 73.1. The van der Waals surface area contributed by atoms with E-state index in [-0.39, 0.29) is 0 Å². The van der Waals surface area contributed by atoms with Crippen LogP contribution in [0.1, 0.15) is 0 Å². The van der Waals surface area contributed by atoms with Gasteiger partial charge in [-0.15, -0.1) is 0 Å². The fraction of sp³-hybridized carbons (Fsp3) is 0.500. The van der Waals surface area contributed by atoms with Gasteiger partial charge in [-0.05, 0) is 6.92 Å². The minimum Gasteiger partial charge on any atom is -0.443 e. The van der Waals surface area contributed by atoms with E-state index in [1.165, 1.54) is 0 Å². The summed E-state index contributed by atoms with van der Waals surface area (Å²) in [5.41, 5.74) is 0. The van der Waals surface area contributed by atoms with Gasteiger partial charge in [0.05, 0.1) is 6.61 Å². The van der Waals surface area contributed by atoms with Crippen LogP contribution >= 0.6 is 0 Å². The van der Waals surface area contributed by atoms with Gasteiger partial charge in [0.15, 0.2) is 0 Å². The molecule has 0 atom stereocenters. The lowest BCUT2D eigenvalue weighted by Crippen LogP contribution is -2.00. The van der Waals surface area contributed by atoms with Crippen LogP contribution in [0.25, 0.3) is 0 Å². The number of hydrogen-bond acceptors (Lipinski definition) is 2. The maximum absolute atomic E-state index is 6.29. The Labute approximate surface area is 49.8 Å². The van der Waals surface area contributed by atoms with Crippen molar-refractivity contribution in [2.75, 3.05) is 19.8 Å². The molecule has 2 nitrogen and oxygen atoms in total. The third-order valence-electron chi connectivity index (χ3n) is 0.546. The van der Waals surface area contributed by atoms with E-state index in [4.69, 9.17) is 11.2 Å². The molecular formula is C6H8O2. The van der Waals surface area contributed by atoms with Gasteiger partial charge in [0.25, 0.3) is 0 Å². The van der Waals surface area contributed by atoms with Gasteiger partial charge in [-0.2, -0.15) is 0 Å². The smallest absolute Gasteiger partial charge is 0.124 e. The standard InChI is InChI=1S/C6H8O2/c1-3-7-5-6-8-4-2/h1,3,5-6H2. The van der Waals surface area contributed by atoms with Crippen molar-refractivity contribution < 1.29 is 9.47 Å². The molecule has 0 unspecified atom stereocenters. The van der Waals surface area contributed by atoms with Crippen molar-refractivity contribution in [1.29, 1.82) is 0 Å². The fourth-order valence-electron chi connectivity index (χ4n) is 0.254. The molecule has 0 spiro atoms. The zero-order valence-electron chi connectivity index (χ0n) is 4.64. The quantitative estimate of drug-likeness (QED) is 0.387. The van der Waals surface area contributed by atoms with Gasteiger partial charge in [-0.25, -0.2) is 0 Å². The van der Waals surface area contributed by atoms with Crippen molar-refractivity contribution >= 4 is 0 Å². The molecular weight excluding hydrogens is 104 g/mol. The minimum atomic E-state index is 0.388. The van der Waals surface area contributed by atoms with E-state index in [0.717, 1.165) is 0 Å². The Morgan fingerprint density at radius 1 is 1.50 bits per heavy atom. The Kier molecular flexibility index (Phi) is 5.78. The number of rotatable bonds is 4. The molecule has 44 valence electrons. The van der Waals surface area contributed by atoms with Gasteiger partial charge in [0, 0.05) is 13.0 Å². The van der Waals surface area contributed by atoms with Crippen molar-refractivity contribution in [2.45, 2.75) is 0 Å². The molecule has 0 aliphatic rings. The van der Waals surface area contributed by atoms with Gasteiger partial charge < -0.3 is 9.47 Å². The lowest BCUT2D eigenvalue weighted by Gasteiger charge is -1.96. The summed E-state index contributed by atoms with van der Waals surface area (Å²) in [6.45, 7) is 4.75. The lowest BCUT2D eigenvalue weighted by molar-refractivity contribution is 0.109. The molecule has 0 aliphatic carbocycles. The predicted molar refractivity (Wildman–Crippen MR) is 29.3 cm³/mol. The first-order chi connectivity index (χ1) is 3.91. The van der Waals surface area contributed by atoms with Crippen LogP contribution < -0.4 is 0 Å². The molecule has 0 saturated carbocycles. The molecule has 0 rings (SSSR count). The fourth-order valence-corrected chi connectivity index (χ4v) is 0.254. The van der Waals surface area contributed by atoms with Crippen LogP contribution in [-0.4, -0.2) is 19.8 Å². The number of ether oxygens (including phenoxy) is 2. The molecule has 0 N–H and O–H groups in total. The van der Waals surface area contributed by atoms with Gasteiger partial charge in [-0.1, -0.05) is 0 Å². The van der Waals surface area contributed by atoms with Gasteiger partial charge in [0.1, 0.15) is 12.7 Å². The summed E-state index contributed by atoms with van der Waals surface area (Å²) < 4.78 is 9.18. The molecule has 0 aromatic rings. The summed E-state index contributed by atoms with van der Waals surface area (Å²) >= 11 is 0. The highest BCUT2D eigenvalue weighted by atomic mass is 16.5. The summed E-state index contributed by atoms with van der Waals surface area (Å²) in [6, 6.07) is 0. The summed E-state index contributed by atoms with van der Waals surface area (Å²) in [6.07, 6.45) is 8.07. The molecule has 0 amide bonds. The second-order valence-corrected chi connectivity index (χ2v) is 1.06. The molecule has 0 aliphatic heterocycles. The Morgan fingerprint density at radius 2 is 2.25 bits per heavy atom. The zero-order valence-corrected chi connectivity index (χ0v) is 4.64. The van der Waals surface area contributed by atoms with E-state index < -0.39 is 0 Å². The molecule has 0 aromatic carbocycles. The lowest BCUT2D eigenvalue weighted by atomic mass is 10.7. The van der Waals surface area contributed by atoms with Crippen LogP contribution in [0.15, 0.2) is 0 Å². The molecule has 0 aromatic heterocycles. The maximum Gasteiger partial charge on any atom is 0.124 e. The average Bonchev–Trinajstić information content (AvgIpc) is 1.81. The molecule has 0 heterocycles. The second-order valence-electron chi connectivity index (χ2n) is 1.06. The van der Waals surface area contributed by atoms with E-state index in [2.05, 4.69) is 11.7 Å². The van der Waals surface area contributed by atoms with Crippen molar-refractivity contribution in [1.82, 2.24) is 0 Å². The largest absolute Gasteiger partial charge is 0.443 e. The highest BCUT2D eigenvalue weighted by molar-refractivity contribution is 4.54. The molecule has 0 saturated heterocycles. The van der Waals surface area contributed by atoms with Crippen LogP contribution in [0, 0.1) is 19.5 Å². The molecule has 2 heteroatoms. The van der Waals surface area contributed by atoms with Gasteiger partial charge in [0.2, 0.25) is 0 Å². The van der Waals surface area contributed by atoms with Gasteiger partial charge in [-0.3, -0.25) is 0 Å². The van der Waals surface area contributed by atoms with Crippen LogP contribution in [0.3, 0.4) is 0 Å². The normalized spacial score (nSPS) is 8.00. The Hall–Kier alpha value is -0.680. The Balaban J connectivity index is 2.65. The number of hydrogen-bond donors (Lipinski definition) is 0. The molecule has 8 heavy (non-hydrogen) atoms. The zero-order chi connectivity index (χ0) is 6.24. The summed E-state index contributed by atoms with van der Waals surface area (Å²) in [7, 11) is 0. The van der Waals surface area contributed by atoms with Crippen molar-refractivity contribution in [3.05, 3.63) is 13.3 Å². The van der Waals surface area contributed by atoms with Crippen LogP contribution in [0.4, 0.5) is 0 Å². The monoisotopic (exact) mass is 112 g/mol. The molecule has 2 radical (unpaired) electrons. The van der Waals surface area contributed by atoms with Crippen molar-refractivity contribution in [3.63, 3.8) is 0 Å². The first-order valence-electron chi connectivity index (χ1n) is 2.32. The summed E-state index contributed by atoms with van der Waals surface area (Å²) in [5, 5.41) is 0. The highest BCUT2D eigenvalue weighted by Gasteiger charge is 1.80. The van der Waals surface area contributed by atoms with Crippen LogP contribution in [0.2, 0.25) is 0 Å². The van der Waals surface area contributed by atoms with Crippen LogP contribution in [-0.2, 0) is 9.47 Å². The van der Waals surface area contributed by atoms with E-state index in [1.807, 2.05) is 0 Å². The predicted octanol–water partition coefficient (Wildman–Crippen LogP) is 0.401. The molecule has 0 bridgehead atoms. The van der Waals surface area contributed by atoms with Crippen molar-refractivity contribution in [3.8, 4) is 6.11 Å². The van der Waals surface area contributed by atoms with E-state index in [0.29, 0.717) is 19.8 Å². The molecule has 0 fully saturated rings. The first kappa shape index (κ1) is 7.32. The van der Waals surface area contributed by atoms with Crippen LogP contribution in [0.5, 0.6) is 0 Å². The third-order valence-corrected chi connectivity index (χ3v) is 0.546. The minimum absolute atomic E-state index is 0.388. The SMILES string of the molecule is [C]#COCCOC[CH2]. The second kappa shape index (κ2) is 6.32. The maximum atomic E-state index is 6.29. The Morgan fingerprint density at radius 3 is 2.75 bits per heavy atom. The topological polar surface area (TPSA) is 18.5 Å². The van der Waals surface area contributed by atoms with E-state index >= 15 is 0 Å². The van der Waals surface area contributed by atoms with E-state index in [1.54, 1.807) is 6.11 Å². The highest BCUT2D eigenvalue weighted by Crippen LogP contribution is 1.73. The van der Waals surface area contributed by atoms with Gasteiger partial charge >= 0.3 is 0 Å². The summed E-state index contributed by atoms with van der Waals surface area (Å²) in [4.78, 5) is 0. The third kappa shape index (κ3) is 5.32.